The van der Waals surface area contributed by atoms with Crippen molar-refractivity contribution in [1.29, 1.82) is 0 Å². The van der Waals surface area contributed by atoms with Gasteiger partial charge in [-0.15, -0.1) is 0 Å². The summed E-state index contributed by atoms with van der Waals surface area (Å²) < 4.78 is 0. The van der Waals surface area contributed by atoms with E-state index in [1.54, 1.807) is 12.1 Å². The first-order valence-electron chi connectivity index (χ1n) is 9.49. The second-order valence-corrected chi connectivity index (χ2v) is 7.95. The lowest BCUT2D eigenvalue weighted by atomic mass is 9.87. The number of urea groups is 1. The fraction of sp³-hybridized carbons (Fsp3) is 0.632. The van der Waals surface area contributed by atoms with Crippen LogP contribution in [0.25, 0.3) is 0 Å². The second-order valence-electron chi connectivity index (χ2n) is 7.52. The Morgan fingerprint density at radius 1 is 1.12 bits per heavy atom. The van der Waals surface area contributed by atoms with E-state index in [2.05, 4.69) is 22.5 Å². The maximum absolute atomic E-state index is 12.4. The fourth-order valence-electron chi connectivity index (χ4n) is 3.69. The molecule has 0 spiro atoms. The molecular weight excluding hydrogens is 352 g/mol. The number of piperidine rings is 1. The van der Waals surface area contributed by atoms with Gasteiger partial charge in [0.2, 0.25) is 5.91 Å². The highest BCUT2D eigenvalue weighted by atomic mass is 35.5. The number of likely N-dealkylation sites (tertiary alicyclic amines) is 1. The monoisotopic (exact) mass is 378 g/mol. The Hall–Kier alpha value is -1.82. The number of hydrogen-bond donors (Lipinski definition) is 2. The molecule has 0 atom stereocenters. The zero-order chi connectivity index (χ0) is 18.5. The summed E-state index contributed by atoms with van der Waals surface area (Å²) in [6.45, 7) is 3.50. The van der Waals surface area contributed by atoms with Crippen molar-refractivity contribution in [3.05, 3.63) is 23.4 Å². The molecule has 0 bridgehead atoms. The van der Waals surface area contributed by atoms with E-state index < -0.39 is 0 Å². The van der Waals surface area contributed by atoms with Gasteiger partial charge in [0.15, 0.2) is 0 Å². The summed E-state index contributed by atoms with van der Waals surface area (Å²) in [5.41, 5.74) is 0. The van der Waals surface area contributed by atoms with Crippen LogP contribution in [0.5, 0.6) is 0 Å². The molecule has 0 radical (unpaired) electrons. The first-order chi connectivity index (χ1) is 12.5. The Balaban J connectivity index is 1.42. The molecule has 2 fully saturated rings. The van der Waals surface area contributed by atoms with Gasteiger partial charge >= 0.3 is 6.03 Å². The van der Waals surface area contributed by atoms with E-state index in [0.29, 0.717) is 42.8 Å². The maximum atomic E-state index is 12.4. The highest BCUT2D eigenvalue weighted by Crippen LogP contribution is 2.24. The van der Waals surface area contributed by atoms with Crippen LogP contribution in [-0.2, 0) is 4.79 Å². The molecule has 0 unspecified atom stereocenters. The van der Waals surface area contributed by atoms with Crippen molar-refractivity contribution < 1.29 is 9.59 Å². The molecule has 0 aromatic carbocycles. The van der Waals surface area contributed by atoms with Gasteiger partial charge in [0.25, 0.3) is 0 Å². The van der Waals surface area contributed by atoms with Crippen molar-refractivity contribution in [3.63, 3.8) is 0 Å². The topological polar surface area (TPSA) is 74.3 Å². The molecular formula is C19H27ClN4O2. The van der Waals surface area contributed by atoms with Crippen molar-refractivity contribution in [2.75, 3.05) is 18.4 Å². The number of aromatic nitrogens is 1. The molecule has 1 saturated carbocycles. The molecule has 3 amide bonds. The van der Waals surface area contributed by atoms with E-state index >= 15 is 0 Å². The van der Waals surface area contributed by atoms with E-state index in [1.165, 1.54) is 19.0 Å². The normalized spacial score (nSPS) is 24.2. The Morgan fingerprint density at radius 3 is 2.42 bits per heavy atom. The van der Waals surface area contributed by atoms with Crippen LogP contribution in [0.4, 0.5) is 10.6 Å². The van der Waals surface area contributed by atoms with Crippen LogP contribution in [0.15, 0.2) is 18.3 Å². The van der Waals surface area contributed by atoms with Gasteiger partial charge in [-0.2, -0.15) is 0 Å². The first-order valence-corrected chi connectivity index (χ1v) is 9.87. The van der Waals surface area contributed by atoms with Crippen LogP contribution in [-0.4, -0.2) is 41.0 Å². The number of rotatable bonds is 3. The molecule has 1 saturated heterocycles. The highest BCUT2D eigenvalue weighted by molar-refractivity contribution is 6.30. The number of nitrogens with zero attached hydrogens (tertiary/aromatic N) is 2. The fourth-order valence-corrected chi connectivity index (χ4v) is 3.80. The lowest BCUT2D eigenvalue weighted by Crippen LogP contribution is -2.49. The first kappa shape index (κ1) is 19.0. The van der Waals surface area contributed by atoms with E-state index in [-0.39, 0.29) is 17.9 Å². The number of pyridine rings is 1. The lowest BCUT2D eigenvalue weighted by Gasteiger charge is -2.34. The average molecular weight is 379 g/mol. The molecule has 6 nitrogen and oxygen atoms in total. The summed E-state index contributed by atoms with van der Waals surface area (Å²) >= 11 is 5.80. The highest BCUT2D eigenvalue weighted by Gasteiger charge is 2.29. The quantitative estimate of drug-likeness (QED) is 0.842. The molecule has 26 heavy (non-hydrogen) atoms. The van der Waals surface area contributed by atoms with Gasteiger partial charge in [0, 0.05) is 31.2 Å². The van der Waals surface area contributed by atoms with Crippen LogP contribution < -0.4 is 10.6 Å². The molecule has 7 heteroatoms. The van der Waals surface area contributed by atoms with Gasteiger partial charge in [-0.3, -0.25) is 4.79 Å². The Bertz CT molecular complexity index is 621. The van der Waals surface area contributed by atoms with Crippen molar-refractivity contribution in [1.82, 2.24) is 15.2 Å². The van der Waals surface area contributed by atoms with Gasteiger partial charge in [0.05, 0.1) is 5.02 Å². The number of amides is 3. The number of nitrogens with one attached hydrogen (secondary N) is 2. The van der Waals surface area contributed by atoms with E-state index in [4.69, 9.17) is 11.6 Å². The van der Waals surface area contributed by atoms with Gasteiger partial charge in [0.1, 0.15) is 5.82 Å². The summed E-state index contributed by atoms with van der Waals surface area (Å²) in [6.07, 6.45) is 7.37. The number of carbonyl (C=O) groups is 2. The number of hydrogen-bond acceptors (Lipinski definition) is 3. The van der Waals surface area contributed by atoms with Crippen molar-refractivity contribution in [2.24, 2.45) is 11.8 Å². The zero-order valence-electron chi connectivity index (χ0n) is 15.2. The molecule has 1 aromatic heterocycles. The summed E-state index contributed by atoms with van der Waals surface area (Å²) in [6, 6.07) is 3.70. The molecule has 1 aliphatic carbocycles. The molecule has 2 N–H and O–H groups in total. The van der Waals surface area contributed by atoms with Gasteiger partial charge < -0.3 is 15.5 Å². The van der Waals surface area contributed by atoms with E-state index in [1.807, 2.05) is 4.90 Å². The average Bonchev–Trinajstić information content (AvgIpc) is 2.65. The van der Waals surface area contributed by atoms with Crippen LogP contribution in [0.1, 0.15) is 45.4 Å². The van der Waals surface area contributed by atoms with Crippen molar-refractivity contribution >= 4 is 29.4 Å². The predicted molar refractivity (Wildman–Crippen MR) is 102 cm³/mol. The molecule has 1 aromatic rings. The van der Waals surface area contributed by atoms with Gasteiger partial charge in [-0.05, 0) is 56.6 Å². The van der Waals surface area contributed by atoms with Crippen LogP contribution in [0, 0.1) is 11.8 Å². The maximum Gasteiger partial charge on any atom is 0.317 e. The van der Waals surface area contributed by atoms with Gasteiger partial charge in [-0.1, -0.05) is 18.5 Å². The number of anilines is 1. The third kappa shape index (κ3) is 5.10. The third-order valence-electron chi connectivity index (χ3n) is 5.48. The SMILES string of the molecule is CC1CCC(NC(=O)N2CCC(C(=O)Nc3ccc(Cl)cn3)CC2)CC1. The van der Waals surface area contributed by atoms with Crippen LogP contribution >= 0.6 is 11.6 Å². The molecule has 2 heterocycles. The molecule has 1 aliphatic heterocycles. The van der Waals surface area contributed by atoms with E-state index in [9.17, 15) is 9.59 Å². The van der Waals surface area contributed by atoms with Crippen LogP contribution in [0.3, 0.4) is 0 Å². The largest absolute Gasteiger partial charge is 0.335 e. The lowest BCUT2D eigenvalue weighted by molar-refractivity contribution is -0.121. The standard InChI is InChI=1S/C19H27ClN4O2/c1-13-2-5-16(6-3-13)22-19(26)24-10-8-14(9-11-24)18(25)23-17-7-4-15(20)12-21-17/h4,7,12-14,16H,2-3,5-6,8-11H2,1H3,(H,22,26)(H,21,23,25). The number of carbonyl (C=O) groups excluding carboxylic acids is 2. The summed E-state index contributed by atoms with van der Waals surface area (Å²) in [4.78, 5) is 30.7. The van der Waals surface area contributed by atoms with Gasteiger partial charge in [-0.25, -0.2) is 9.78 Å². The van der Waals surface area contributed by atoms with Crippen molar-refractivity contribution in [2.45, 2.75) is 51.5 Å². The minimum absolute atomic E-state index is 0.0165. The molecule has 3 rings (SSSR count). The molecule has 2 aliphatic rings. The second kappa shape index (κ2) is 8.71. The Labute approximate surface area is 159 Å². The Kier molecular flexibility index (Phi) is 6.35. The van der Waals surface area contributed by atoms with E-state index in [0.717, 1.165) is 18.8 Å². The third-order valence-corrected chi connectivity index (χ3v) is 5.70. The summed E-state index contributed by atoms with van der Waals surface area (Å²) in [5.74, 6) is 1.15. The van der Waals surface area contributed by atoms with Crippen LogP contribution in [0.2, 0.25) is 5.02 Å². The zero-order valence-corrected chi connectivity index (χ0v) is 16.0. The van der Waals surface area contributed by atoms with Crippen molar-refractivity contribution in [3.8, 4) is 0 Å². The summed E-state index contributed by atoms with van der Waals surface area (Å²) in [5, 5.41) is 6.52. The summed E-state index contributed by atoms with van der Waals surface area (Å²) in [7, 11) is 0. The molecule has 142 valence electrons. The Morgan fingerprint density at radius 2 is 1.81 bits per heavy atom. The number of halogens is 1. The smallest absolute Gasteiger partial charge is 0.317 e. The minimum Gasteiger partial charge on any atom is -0.335 e. The minimum atomic E-state index is -0.0907. The predicted octanol–water partition coefficient (Wildman–Crippen LogP) is 3.67.